The van der Waals surface area contributed by atoms with E-state index in [0.29, 0.717) is 25.7 Å². The number of benzene rings is 1. The highest BCUT2D eigenvalue weighted by Gasteiger charge is 2.16. The summed E-state index contributed by atoms with van der Waals surface area (Å²) >= 11 is 6.14. The average molecular weight is 427 g/mol. The van der Waals surface area contributed by atoms with Gasteiger partial charge in [0.2, 0.25) is 5.75 Å². The van der Waals surface area contributed by atoms with E-state index < -0.39 is 0 Å². The van der Waals surface area contributed by atoms with Crippen LogP contribution in [0.4, 0.5) is 0 Å². The molecule has 0 aliphatic heterocycles. The van der Waals surface area contributed by atoms with Gasteiger partial charge in [-0.15, -0.1) is 11.6 Å². The molecule has 1 aromatic carbocycles. The minimum Gasteiger partial charge on any atom is -0.490 e. The molecule has 1 aromatic rings. The van der Waals surface area contributed by atoms with Gasteiger partial charge in [0.25, 0.3) is 0 Å². The van der Waals surface area contributed by atoms with Crippen molar-refractivity contribution < 1.29 is 14.2 Å². The fourth-order valence-corrected chi connectivity index (χ4v) is 3.34. The lowest BCUT2D eigenvalue weighted by molar-refractivity contribution is 0.234. The van der Waals surface area contributed by atoms with Gasteiger partial charge in [-0.1, -0.05) is 78.6 Å². The van der Waals surface area contributed by atoms with Crippen LogP contribution >= 0.6 is 11.6 Å². The molecule has 3 nitrogen and oxygen atoms in total. The van der Waals surface area contributed by atoms with Gasteiger partial charge in [-0.2, -0.15) is 0 Å². The first-order chi connectivity index (χ1) is 14.3. The first kappa shape index (κ1) is 25.9. The van der Waals surface area contributed by atoms with Crippen molar-refractivity contribution in [3.8, 4) is 17.2 Å². The number of unbranched alkanes of at least 4 members (excludes halogenated alkanes) is 9. The maximum atomic E-state index is 6.18. The molecule has 29 heavy (non-hydrogen) atoms. The highest BCUT2D eigenvalue weighted by atomic mass is 35.5. The second-order valence-electron chi connectivity index (χ2n) is 7.78. The first-order valence-electron chi connectivity index (χ1n) is 11.9. The summed E-state index contributed by atoms with van der Waals surface area (Å²) in [5.74, 6) is 2.74. The Balaban J connectivity index is 2.81. The predicted octanol–water partition coefficient (Wildman–Crippen LogP) is 8.30. The zero-order valence-electron chi connectivity index (χ0n) is 19.1. The minimum atomic E-state index is 0.440. The van der Waals surface area contributed by atoms with Crippen LogP contribution in [0.15, 0.2) is 12.1 Å². The molecule has 1 rings (SSSR count). The monoisotopic (exact) mass is 426 g/mol. The molecule has 0 fully saturated rings. The van der Waals surface area contributed by atoms with E-state index in [2.05, 4.69) is 20.8 Å². The van der Waals surface area contributed by atoms with Crippen molar-refractivity contribution in [1.29, 1.82) is 0 Å². The lowest BCUT2D eigenvalue weighted by atomic mass is 10.2. The zero-order chi connectivity index (χ0) is 21.2. The van der Waals surface area contributed by atoms with Crippen LogP contribution in [0.1, 0.15) is 103 Å². The van der Waals surface area contributed by atoms with E-state index in [-0.39, 0.29) is 0 Å². The first-order valence-corrected chi connectivity index (χ1v) is 12.4. The molecule has 0 aliphatic rings. The topological polar surface area (TPSA) is 27.7 Å². The van der Waals surface area contributed by atoms with Gasteiger partial charge < -0.3 is 14.2 Å². The van der Waals surface area contributed by atoms with Crippen LogP contribution < -0.4 is 14.2 Å². The van der Waals surface area contributed by atoms with Gasteiger partial charge in [-0.3, -0.25) is 0 Å². The number of hydrogen-bond donors (Lipinski definition) is 0. The molecule has 0 saturated heterocycles. The summed E-state index contributed by atoms with van der Waals surface area (Å²) in [4.78, 5) is 0. The fourth-order valence-electron chi connectivity index (χ4n) is 3.19. The van der Waals surface area contributed by atoms with Crippen LogP contribution in [0.2, 0.25) is 0 Å². The van der Waals surface area contributed by atoms with E-state index in [1.54, 1.807) is 0 Å². The summed E-state index contributed by atoms with van der Waals surface area (Å²) in [5.41, 5.74) is 1.01. The zero-order valence-corrected chi connectivity index (χ0v) is 19.8. The van der Waals surface area contributed by atoms with E-state index in [4.69, 9.17) is 25.8 Å². The third kappa shape index (κ3) is 11.6. The highest BCUT2D eigenvalue weighted by Crippen LogP contribution is 2.40. The van der Waals surface area contributed by atoms with E-state index in [9.17, 15) is 0 Å². The number of rotatable bonds is 19. The summed E-state index contributed by atoms with van der Waals surface area (Å²) in [6, 6.07) is 4.02. The Bertz CT molecular complexity index is 484. The summed E-state index contributed by atoms with van der Waals surface area (Å²) in [6.07, 6.45) is 14.2. The second kappa shape index (κ2) is 17.7. The number of halogens is 1. The fraction of sp³-hybridized carbons (Fsp3) is 0.760. The van der Waals surface area contributed by atoms with Crippen LogP contribution in [0.25, 0.3) is 0 Å². The molecule has 0 radical (unpaired) electrons. The van der Waals surface area contributed by atoms with Crippen molar-refractivity contribution in [3.05, 3.63) is 17.7 Å². The molecule has 0 bridgehead atoms. The molecule has 0 N–H and O–H groups in total. The number of hydrogen-bond acceptors (Lipinski definition) is 3. The molecular formula is C25H43ClO3. The third-order valence-corrected chi connectivity index (χ3v) is 5.30. The largest absolute Gasteiger partial charge is 0.490 e. The summed E-state index contributed by atoms with van der Waals surface area (Å²) in [5, 5.41) is 0. The summed E-state index contributed by atoms with van der Waals surface area (Å²) < 4.78 is 18.4. The predicted molar refractivity (Wildman–Crippen MR) is 125 cm³/mol. The molecule has 0 spiro atoms. The summed E-state index contributed by atoms with van der Waals surface area (Å²) in [7, 11) is 0. The van der Waals surface area contributed by atoms with Gasteiger partial charge >= 0.3 is 0 Å². The molecule has 0 amide bonds. The second-order valence-corrected chi connectivity index (χ2v) is 8.05. The molecule has 0 saturated carbocycles. The average Bonchev–Trinajstić information content (AvgIpc) is 2.74. The minimum absolute atomic E-state index is 0.440. The Hall–Kier alpha value is -1.09. The van der Waals surface area contributed by atoms with Gasteiger partial charge in [0.05, 0.1) is 19.8 Å². The van der Waals surface area contributed by atoms with Crippen molar-refractivity contribution in [2.75, 3.05) is 19.8 Å². The van der Waals surface area contributed by atoms with Crippen molar-refractivity contribution in [2.45, 2.75) is 104 Å². The summed E-state index contributed by atoms with van der Waals surface area (Å²) in [6.45, 7) is 8.76. The Kier molecular flexibility index (Phi) is 15.9. The Morgan fingerprint density at radius 1 is 0.586 bits per heavy atom. The van der Waals surface area contributed by atoms with E-state index >= 15 is 0 Å². The number of alkyl halides is 1. The quantitative estimate of drug-likeness (QED) is 0.164. The van der Waals surface area contributed by atoms with Crippen LogP contribution in [0, 0.1) is 0 Å². The maximum absolute atomic E-state index is 6.18. The third-order valence-electron chi connectivity index (χ3n) is 4.99. The van der Waals surface area contributed by atoms with E-state index in [0.717, 1.165) is 42.1 Å². The van der Waals surface area contributed by atoms with Crippen molar-refractivity contribution >= 4 is 11.6 Å². The van der Waals surface area contributed by atoms with Crippen LogP contribution in [0.5, 0.6) is 17.2 Å². The molecule has 0 aromatic heterocycles. The smallest absolute Gasteiger partial charge is 0.203 e. The Labute approximate surface area is 184 Å². The lowest BCUT2D eigenvalue weighted by Crippen LogP contribution is -2.07. The Morgan fingerprint density at radius 3 is 1.38 bits per heavy atom. The van der Waals surface area contributed by atoms with E-state index in [1.807, 2.05) is 12.1 Å². The standard InChI is InChI=1S/C25H43ClO3/c1-4-7-10-13-16-27-23-19-22(21-26)20-24(28-17-14-11-8-5-2)25(23)29-18-15-12-9-6-3/h19-20H,4-18,21H2,1-3H3. The molecule has 0 unspecified atom stereocenters. The highest BCUT2D eigenvalue weighted by molar-refractivity contribution is 6.17. The molecule has 0 heterocycles. The molecule has 4 heteroatoms. The van der Waals surface area contributed by atoms with Crippen LogP contribution in [-0.4, -0.2) is 19.8 Å². The molecule has 168 valence electrons. The Morgan fingerprint density at radius 2 is 1.00 bits per heavy atom. The molecular weight excluding hydrogens is 384 g/mol. The normalized spacial score (nSPS) is 10.9. The van der Waals surface area contributed by atoms with Crippen molar-refractivity contribution in [1.82, 2.24) is 0 Å². The lowest BCUT2D eigenvalue weighted by Gasteiger charge is -2.18. The van der Waals surface area contributed by atoms with Crippen LogP contribution in [-0.2, 0) is 5.88 Å². The van der Waals surface area contributed by atoms with Gasteiger partial charge in [0.15, 0.2) is 11.5 Å². The van der Waals surface area contributed by atoms with Gasteiger partial charge in [0, 0.05) is 5.88 Å². The van der Waals surface area contributed by atoms with Gasteiger partial charge in [-0.05, 0) is 37.0 Å². The van der Waals surface area contributed by atoms with Crippen molar-refractivity contribution in [3.63, 3.8) is 0 Å². The molecule has 0 atom stereocenters. The van der Waals surface area contributed by atoms with Gasteiger partial charge in [0.1, 0.15) is 0 Å². The van der Waals surface area contributed by atoms with E-state index in [1.165, 1.54) is 57.8 Å². The van der Waals surface area contributed by atoms with Crippen molar-refractivity contribution in [2.24, 2.45) is 0 Å². The van der Waals surface area contributed by atoms with Crippen LogP contribution in [0.3, 0.4) is 0 Å². The van der Waals surface area contributed by atoms with Gasteiger partial charge in [-0.25, -0.2) is 0 Å². The maximum Gasteiger partial charge on any atom is 0.203 e. The number of ether oxygens (including phenoxy) is 3. The SMILES string of the molecule is CCCCCCOc1cc(CCl)cc(OCCCCCC)c1OCCCCCC. The molecule has 0 aliphatic carbocycles.